The zero-order valence-electron chi connectivity index (χ0n) is 17.4. The molecule has 0 spiro atoms. The smallest absolute Gasteiger partial charge is 0.274 e. The number of aromatic nitrogens is 2. The lowest BCUT2D eigenvalue weighted by Gasteiger charge is -2.44. The predicted molar refractivity (Wildman–Crippen MR) is 107 cm³/mol. The highest BCUT2D eigenvalue weighted by molar-refractivity contribution is 5.99. The van der Waals surface area contributed by atoms with E-state index < -0.39 is 0 Å². The van der Waals surface area contributed by atoms with E-state index in [1.807, 2.05) is 29.3 Å². The monoisotopic (exact) mass is 372 g/mol. The van der Waals surface area contributed by atoms with Gasteiger partial charge in [-0.15, -0.1) is 0 Å². The number of hydrogen-bond acceptors (Lipinski definition) is 4. The Kier molecular flexibility index (Phi) is 5.58. The number of ether oxygens (including phenoxy) is 1. The highest BCUT2D eigenvalue weighted by atomic mass is 16.5. The molecule has 27 heavy (non-hydrogen) atoms. The van der Waals surface area contributed by atoms with E-state index in [1.54, 1.807) is 7.11 Å². The van der Waals surface area contributed by atoms with Gasteiger partial charge in [0.2, 0.25) is 0 Å². The molecule has 1 aliphatic heterocycles. The van der Waals surface area contributed by atoms with Gasteiger partial charge in [0, 0.05) is 50.4 Å². The summed E-state index contributed by atoms with van der Waals surface area (Å²) < 4.78 is 7.28. The minimum absolute atomic E-state index is 0.0271. The third-order valence-corrected chi connectivity index (χ3v) is 5.36. The van der Waals surface area contributed by atoms with E-state index in [4.69, 9.17) is 9.72 Å². The topological polar surface area (TPSA) is 50.1 Å². The largest absolute Gasteiger partial charge is 0.383 e. The van der Waals surface area contributed by atoms with E-state index in [2.05, 4.69) is 43.9 Å². The van der Waals surface area contributed by atoms with E-state index in [0.29, 0.717) is 37.5 Å². The van der Waals surface area contributed by atoms with Crippen molar-refractivity contribution in [1.29, 1.82) is 0 Å². The van der Waals surface area contributed by atoms with Crippen LogP contribution in [0.1, 0.15) is 50.9 Å². The molecule has 0 N–H and O–H groups in total. The first-order valence-electron chi connectivity index (χ1n) is 9.75. The Morgan fingerprint density at radius 1 is 1.22 bits per heavy atom. The molecule has 2 atom stereocenters. The molecule has 1 fully saturated rings. The summed E-state index contributed by atoms with van der Waals surface area (Å²) in [6, 6.07) is 6.52. The van der Waals surface area contributed by atoms with E-state index in [9.17, 15) is 4.79 Å². The summed E-state index contributed by atoms with van der Waals surface area (Å²) in [4.78, 5) is 22.5. The normalized spacial score (nSPS) is 21.8. The van der Waals surface area contributed by atoms with Gasteiger partial charge < -0.3 is 14.0 Å². The van der Waals surface area contributed by atoms with Crippen molar-refractivity contribution in [1.82, 2.24) is 19.2 Å². The van der Waals surface area contributed by atoms with Gasteiger partial charge in [0.15, 0.2) is 5.69 Å². The van der Waals surface area contributed by atoms with Gasteiger partial charge >= 0.3 is 0 Å². The summed E-state index contributed by atoms with van der Waals surface area (Å²) in [5, 5.41) is 0. The minimum atomic E-state index is -0.137. The molecule has 1 aliphatic rings. The molecule has 6 heteroatoms. The van der Waals surface area contributed by atoms with Crippen molar-refractivity contribution in [3.63, 3.8) is 0 Å². The fourth-order valence-electron chi connectivity index (χ4n) is 4.03. The summed E-state index contributed by atoms with van der Waals surface area (Å²) in [5.74, 6) is 0.945. The number of fused-ring (bicyclic) bond motifs is 1. The summed E-state index contributed by atoms with van der Waals surface area (Å²) in [5.41, 5.74) is 1.31. The lowest BCUT2D eigenvalue weighted by atomic mass is 9.96. The second-order valence-corrected chi connectivity index (χ2v) is 8.63. The zero-order valence-corrected chi connectivity index (χ0v) is 17.4. The Hall–Kier alpha value is -1.92. The number of pyridine rings is 1. The van der Waals surface area contributed by atoms with Crippen LogP contribution >= 0.6 is 0 Å². The van der Waals surface area contributed by atoms with Gasteiger partial charge in [-0.1, -0.05) is 26.8 Å². The molecule has 6 nitrogen and oxygen atoms in total. The first kappa shape index (κ1) is 19.8. The van der Waals surface area contributed by atoms with E-state index in [1.165, 1.54) is 0 Å². The van der Waals surface area contributed by atoms with Crippen LogP contribution in [0.4, 0.5) is 0 Å². The maximum atomic E-state index is 13.4. The number of methoxy groups -OCH3 is 1. The number of nitrogens with zero attached hydrogens (tertiary/aromatic N) is 4. The Labute approximate surface area is 162 Å². The average Bonchev–Trinajstić information content (AvgIpc) is 3.00. The molecule has 1 amide bonds. The van der Waals surface area contributed by atoms with Gasteiger partial charge in [0.1, 0.15) is 5.82 Å². The van der Waals surface area contributed by atoms with Crippen molar-refractivity contribution >= 4 is 11.4 Å². The summed E-state index contributed by atoms with van der Waals surface area (Å²) >= 11 is 0. The lowest BCUT2D eigenvalue weighted by Crippen LogP contribution is -2.58. The number of hydrogen-bond donors (Lipinski definition) is 0. The number of carbonyl (C=O) groups is 1. The van der Waals surface area contributed by atoms with Gasteiger partial charge in [0.25, 0.3) is 5.91 Å². The van der Waals surface area contributed by atoms with Gasteiger partial charge in [0.05, 0.1) is 12.1 Å². The molecule has 1 saturated heterocycles. The molecule has 0 saturated carbocycles. The Bertz CT molecular complexity index is 796. The van der Waals surface area contributed by atoms with Crippen molar-refractivity contribution in [2.24, 2.45) is 0 Å². The Morgan fingerprint density at radius 2 is 1.89 bits per heavy atom. The van der Waals surface area contributed by atoms with Crippen LogP contribution in [0.5, 0.6) is 0 Å². The maximum Gasteiger partial charge on any atom is 0.274 e. The van der Waals surface area contributed by atoms with Crippen molar-refractivity contribution in [3.05, 3.63) is 35.9 Å². The van der Waals surface area contributed by atoms with Crippen LogP contribution in [0.25, 0.3) is 5.52 Å². The fourth-order valence-corrected chi connectivity index (χ4v) is 4.03. The number of piperazine rings is 1. The van der Waals surface area contributed by atoms with Gasteiger partial charge in [-0.2, -0.15) is 0 Å². The van der Waals surface area contributed by atoms with Crippen molar-refractivity contribution in [3.8, 4) is 0 Å². The highest BCUT2D eigenvalue weighted by Gasteiger charge is 2.34. The minimum Gasteiger partial charge on any atom is -0.383 e. The molecule has 148 valence electrons. The molecule has 2 aromatic heterocycles. The maximum absolute atomic E-state index is 13.4. The molecular weight excluding hydrogens is 340 g/mol. The molecule has 3 heterocycles. The second kappa shape index (κ2) is 7.60. The fraction of sp³-hybridized carbons (Fsp3) is 0.619. The standard InChI is InChI=1S/C21H32N4O2/c1-15-13-23(14-16(2)24(15)11-12-27-6)19(26)18-17-9-7-8-10-25(17)20(22-18)21(3,4)5/h7-10,15-16H,11-14H2,1-6H3. The van der Waals surface area contributed by atoms with Crippen LogP contribution in [0, 0.1) is 0 Å². The summed E-state index contributed by atoms with van der Waals surface area (Å²) in [6.45, 7) is 13.8. The molecular formula is C21H32N4O2. The van der Waals surface area contributed by atoms with E-state index in [-0.39, 0.29) is 11.3 Å². The number of rotatable bonds is 4. The van der Waals surface area contributed by atoms with Gasteiger partial charge in [-0.25, -0.2) is 4.98 Å². The van der Waals surface area contributed by atoms with Gasteiger partial charge in [-0.3, -0.25) is 9.69 Å². The first-order valence-corrected chi connectivity index (χ1v) is 9.75. The third-order valence-electron chi connectivity index (χ3n) is 5.36. The predicted octanol–water partition coefficient (Wildman–Crippen LogP) is 2.81. The second-order valence-electron chi connectivity index (χ2n) is 8.63. The molecule has 3 rings (SSSR count). The quantitative estimate of drug-likeness (QED) is 0.828. The molecule has 2 aromatic rings. The summed E-state index contributed by atoms with van der Waals surface area (Å²) in [6.07, 6.45) is 1.99. The molecule has 0 aliphatic carbocycles. The number of carbonyl (C=O) groups excluding carboxylic acids is 1. The summed E-state index contributed by atoms with van der Waals surface area (Å²) in [7, 11) is 1.73. The van der Waals surface area contributed by atoms with Crippen LogP contribution < -0.4 is 0 Å². The molecule has 2 unspecified atom stereocenters. The van der Waals surface area contributed by atoms with Crippen LogP contribution in [-0.2, 0) is 10.2 Å². The first-order chi connectivity index (χ1) is 12.7. The Balaban J connectivity index is 1.89. The zero-order chi connectivity index (χ0) is 19.8. The average molecular weight is 373 g/mol. The van der Waals surface area contributed by atoms with Crippen molar-refractivity contribution < 1.29 is 9.53 Å². The van der Waals surface area contributed by atoms with Crippen LogP contribution in [0.2, 0.25) is 0 Å². The van der Waals surface area contributed by atoms with Crippen molar-refractivity contribution in [2.45, 2.75) is 52.1 Å². The van der Waals surface area contributed by atoms with Crippen LogP contribution in [0.3, 0.4) is 0 Å². The van der Waals surface area contributed by atoms with Crippen molar-refractivity contribution in [2.75, 3.05) is 33.4 Å². The van der Waals surface area contributed by atoms with Crippen LogP contribution in [0.15, 0.2) is 24.4 Å². The number of imidazole rings is 1. The number of amides is 1. The van der Waals surface area contributed by atoms with E-state index in [0.717, 1.165) is 17.9 Å². The molecule has 0 radical (unpaired) electrons. The molecule has 0 aromatic carbocycles. The third kappa shape index (κ3) is 3.87. The van der Waals surface area contributed by atoms with E-state index >= 15 is 0 Å². The lowest BCUT2D eigenvalue weighted by molar-refractivity contribution is 0.0191. The van der Waals surface area contributed by atoms with Gasteiger partial charge in [-0.05, 0) is 26.0 Å². The molecule has 0 bridgehead atoms. The highest BCUT2D eigenvalue weighted by Crippen LogP contribution is 2.26. The SMILES string of the molecule is COCCN1C(C)CN(C(=O)c2nc(C(C)(C)C)n3ccccc23)CC1C. The Morgan fingerprint density at radius 3 is 2.48 bits per heavy atom. The van der Waals surface area contributed by atoms with Crippen LogP contribution in [-0.4, -0.2) is 70.5 Å².